The van der Waals surface area contributed by atoms with Crippen LogP contribution in [0.4, 0.5) is 5.69 Å². The number of hydrogen-bond donors (Lipinski definition) is 1. The van der Waals surface area contributed by atoms with Gasteiger partial charge in [0.05, 0.1) is 13.0 Å². The molecule has 4 rings (SSSR count). The molecule has 1 amide bonds. The number of nitrogens with two attached hydrogens (primary N) is 1. The van der Waals surface area contributed by atoms with Crippen molar-refractivity contribution in [2.24, 2.45) is 0 Å². The summed E-state index contributed by atoms with van der Waals surface area (Å²) in [5.74, 6) is 0.157. The van der Waals surface area contributed by atoms with Gasteiger partial charge in [-0.05, 0) is 45.1 Å². The predicted molar refractivity (Wildman–Crippen MR) is 138 cm³/mol. The third-order valence-corrected chi connectivity index (χ3v) is 11.7. The van der Waals surface area contributed by atoms with Crippen molar-refractivity contribution in [2.45, 2.75) is 38.7 Å². The number of anilines is 1. The lowest BCUT2D eigenvalue weighted by Gasteiger charge is -2.43. The summed E-state index contributed by atoms with van der Waals surface area (Å²) in [7, 11) is -2.59. The number of carbonyl (C=O) groups is 1. The molecule has 1 aliphatic rings. The fourth-order valence-corrected chi connectivity index (χ4v) is 9.57. The molecular formula is C28H34N2O2Si. The number of nitrogens with zero attached hydrogens (tertiary/aromatic N) is 1. The standard InChI is InChI=1S/C28H34N2O2Si/c1-28(2,3)33(25-10-6-4-7-11-25,26-12-8-5-9-13-26)32-19-18-30-17-16-23-20-24(29)15-14-22(23)21-27(30)31/h4-15,20H,16-19,21,29H2,1-3H3. The molecule has 0 saturated carbocycles. The monoisotopic (exact) mass is 458 g/mol. The second kappa shape index (κ2) is 9.54. The molecule has 0 aliphatic carbocycles. The highest BCUT2D eigenvalue weighted by Crippen LogP contribution is 2.36. The first kappa shape index (κ1) is 23.3. The van der Waals surface area contributed by atoms with Gasteiger partial charge in [-0.2, -0.15) is 0 Å². The fourth-order valence-electron chi connectivity index (χ4n) is 5.01. The van der Waals surface area contributed by atoms with Gasteiger partial charge < -0.3 is 15.1 Å². The molecule has 3 aromatic carbocycles. The van der Waals surface area contributed by atoms with Crippen molar-refractivity contribution in [3.05, 3.63) is 90.0 Å². The van der Waals surface area contributed by atoms with Gasteiger partial charge >= 0.3 is 0 Å². The summed E-state index contributed by atoms with van der Waals surface area (Å²) in [4.78, 5) is 15.0. The Morgan fingerprint density at radius 2 is 1.52 bits per heavy atom. The first-order chi connectivity index (χ1) is 15.8. The van der Waals surface area contributed by atoms with Crippen LogP contribution in [0.3, 0.4) is 0 Å². The van der Waals surface area contributed by atoms with Crippen molar-refractivity contribution < 1.29 is 9.22 Å². The zero-order valence-electron chi connectivity index (χ0n) is 19.9. The zero-order valence-corrected chi connectivity index (χ0v) is 20.9. The smallest absolute Gasteiger partial charge is 0.261 e. The van der Waals surface area contributed by atoms with Crippen molar-refractivity contribution in [2.75, 3.05) is 25.4 Å². The number of nitrogen functional groups attached to an aromatic ring is 1. The van der Waals surface area contributed by atoms with E-state index in [0.717, 1.165) is 17.7 Å². The van der Waals surface area contributed by atoms with Gasteiger partial charge in [0.25, 0.3) is 8.32 Å². The molecule has 2 N–H and O–H groups in total. The Bertz CT molecular complexity index is 1050. The summed E-state index contributed by atoms with van der Waals surface area (Å²) in [6.45, 7) is 8.62. The van der Waals surface area contributed by atoms with E-state index in [1.54, 1.807) is 0 Å². The number of fused-ring (bicyclic) bond motifs is 1. The minimum atomic E-state index is -2.59. The Labute approximate surface area is 198 Å². The van der Waals surface area contributed by atoms with E-state index in [4.69, 9.17) is 10.2 Å². The van der Waals surface area contributed by atoms with Crippen molar-refractivity contribution >= 4 is 30.3 Å². The van der Waals surface area contributed by atoms with Gasteiger partial charge in [0, 0.05) is 18.8 Å². The minimum absolute atomic E-state index is 0.0771. The molecule has 0 spiro atoms. The summed E-state index contributed by atoms with van der Waals surface area (Å²) in [6.07, 6.45) is 1.25. The highest BCUT2D eigenvalue weighted by atomic mass is 28.4. The van der Waals surface area contributed by atoms with E-state index in [2.05, 4.69) is 81.4 Å². The van der Waals surface area contributed by atoms with E-state index in [1.165, 1.54) is 15.9 Å². The van der Waals surface area contributed by atoms with Crippen LogP contribution in [0.2, 0.25) is 5.04 Å². The first-order valence-electron chi connectivity index (χ1n) is 11.7. The highest BCUT2D eigenvalue weighted by Gasteiger charge is 2.50. The molecule has 1 heterocycles. The van der Waals surface area contributed by atoms with Crippen LogP contribution in [0.25, 0.3) is 0 Å². The zero-order chi connectivity index (χ0) is 23.5. The van der Waals surface area contributed by atoms with Gasteiger partial charge in [-0.25, -0.2) is 0 Å². The molecule has 33 heavy (non-hydrogen) atoms. The number of rotatable bonds is 6. The molecule has 0 bridgehead atoms. The quantitative estimate of drug-likeness (QED) is 0.452. The largest absolute Gasteiger partial charge is 0.406 e. The molecular weight excluding hydrogens is 424 g/mol. The van der Waals surface area contributed by atoms with Crippen LogP contribution in [0, 0.1) is 0 Å². The number of hydrogen-bond acceptors (Lipinski definition) is 3. The highest BCUT2D eigenvalue weighted by molar-refractivity contribution is 6.99. The number of benzene rings is 3. The van der Waals surface area contributed by atoms with Crippen LogP contribution >= 0.6 is 0 Å². The van der Waals surface area contributed by atoms with Crippen molar-refractivity contribution in [1.82, 2.24) is 4.90 Å². The third kappa shape index (κ3) is 4.75. The lowest BCUT2D eigenvalue weighted by Crippen LogP contribution is -2.67. The number of carbonyl (C=O) groups excluding carboxylic acids is 1. The van der Waals surface area contributed by atoms with Gasteiger partial charge in [0.15, 0.2) is 0 Å². The van der Waals surface area contributed by atoms with Gasteiger partial charge in [-0.1, -0.05) is 87.5 Å². The summed E-state index contributed by atoms with van der Waals surface area (Å²) in [5, 5.41) is 2.44. The molecule has 4 nitrogen and oxygen atoms in total. The van der Waals surface area contributed by atoms with Gasteiger partial charge in [0.1, 0.15) is 0 Å². The fraction of sp³-hybridized carbons (Fsp3) is 0.321. The SMILES string of the molecule is CC(C)(C)[Si](OCCN1CCc2cc(N)ccc2CC1=O)(c1ccccc1)c1ccccc1. The normalized spacial score (nSPS) is 14.6. The molecule has 0 aromatic heterocycles. The average Bonchev–Trinajstić information content (AvgIpc) is 2.95. The molecule has 0 atom stereocenters. The first-order valence-corrected chi connectivity index (χ1v) is 13.6. The van der Waals surface area contributed by atoms with E-state index in [9.17, 15) is 4.79 Å². The van der Waals surface area contributed by atoms with E-state index >= 15 is 0 Å². The second-order valence-corrected chi connectivity index (χ2v) is 14.2. The maximum atomic E-state index is 13.0. The molecule has 172 valence electrons. The molecule has 0 fully saturated rings. The average molecular weight is 459 g/mol. The minimum Gasteiger partial charge on any atom is -0.406 e. The summed E-state index contributed by atoms with van der Waals surface area (Å²) in [6, 6.07) is 27.1. The van der Waals surface area contributed by atoms with Crippen molar-refractivity contribution in [3.8, 4) is 0 Å². The van der Waals surface area contributed by atoms with Gasteiger partial charge in [-0.3, -0.25) is 4.79 Å². The Morgan fingerprint density at radius 3 is 2.09 bits per heavy atom. The molecule has 0 saturated heterocycles. The Hall–Kier alpha value is -2.89. The Balaban J connectivity index is 1.58. The van der Waals surface area contributed by atoms with Crippen LogP contribution in [-0.4, -0.2) is 38.8 Å². The van der Waals surface area contributed by atoms with Gasteiger partial charge in [0.2, 0.25) is 5.91 Å². The van der Waals surface area contributed by atoms with Crippen LogP contribution in [0.15, 0.2) is 78.9 Å². The summed E-state index contributed by atoms with van der Waals surface area (Å²) in [5.41, 5.74) is 8.99. The lowest BCUT2D eigenvalue weighted by atomic mass is 10.0. The molecule has 0 unspecified atom stereocenters. The summed E-state index contributed by atoms with van der Waals surface area (Å²) < 4.78 is 6.98. The van der Waals surface area contributed by atoms with E-state index in [1.807, 2.05) is 23.1 Å². The van der Waals surface area contributed by atoms with Crippen LogP contribution in [-0.2, 0) is 22.1 Å². The summed E-state index contributed by atoms with van der Waals surface area (Å²) >= 11 is 0. The molecule has 1 aliphatic heterocycles. The molecule has 5 heteroatoms. The van der Waals surface area contributed by atoms with Gasteiger partial charge in [-0.15, -0.1) is 0 Å². The Morgan fingerprint density at radius 1 is 0.909 bits per heavy atom. The topological polar surface area (TPSA) is 55.6 Å². The maximum absolute atomic E-state index is 13.0. The van der Waals surface area contributed by atoms with E-state index in [-0.39, 0.29) is 10.9 Å². The second-order valence-electron chi connectivity index (χ2n) is 9.85. The maximum Gasteiger partial charge on any atom is 0.261 e. The number of amides is 1. The molecule has 0 radical (unpaired) electrons. The predicted octanol–water partition coefficient (Wildman–Crippen LogP) is 3.77. The third-order valence-electron chi connectivity index (χ3n) is 6.67. The van der Waals surface area contributed by atoms with E-state index < -0.39 is 8.32 Å². The van der Waals surface area contributed by atoms with Crippen molar-refractivity contribution in [3.63, 3.8) is 0 Å². The van der Waals surface area contributed by atoms with Crippen LogP contribution < -0.4 is 16.1 Å². The molecule has 3 aromatic rings. The van der Waals surface area contributed by atoms with Crippen molar-refractivity contribution in [1.29, 1.82) is 0 Å². The lowest BCUT2D eigenvalue weighted by molar-refractivity contribution is -0.130. The van der Waals surface area contributed by atoms with E-state index in [0.29, 0.717) is 26.1 Å². The van der Waals surface area contributed by atoms with Crippen LogP contribution in [0.5, 0.6) is 0 Å². The van der Waals surface area contributed by atoms with Crippen LogP contribution in [0.1, 0.15) is 31.9 Å². The Kier molecular flexibility index (Phi) is 6.72.